The number of carbonyl (C=O) groups excluding carboxylic acids is 2. The summed E-state index contributed by atoms with van der Waals surface area (Å²) in [6, 6.07) is 6.86. The first kappa shape index (κ1) is 19.7. The smallest absolute Gasteiger partial charge is 0.258 e. The van der Waals surface area contributed by atoms with Crippen LogP contribution in [0.4, 0.5) is 17.3 Å². The Hall–Kier alpha value is -3.04. The number of hydrogen-bond donors (Lipinski definition) is 3. The lowest BCUT2D eigenvalue weighted by molar-refractivity contribution is -0.114. The molecule has 0 bridgehead atoms. The Labute approximate surface area is 163 Å². The van der Waals surface area contributed by atoms with Gasteiger partial charge in [0.05, 0.1) is 18.8 Å². The fourth-order valence-electron chi connectivity index (χ4n) is 2.73. The lowest BCUT2D eigenvalue weighted by Gasteiger charge is -2.26. The zero-order valence-electron chi connectivity index (χ0n) is 15.8. The van der Waals surface area contributed by atoms with Gasteiger partial charge in [-0.3, -0.25) is 14.5 Å². The molecule has 2 amide bonds. The third kappa shape index (κ3) is 6.00. The second kappa shape index (κ2) is 9.77. The van der Waals surface area contributed by atoms with Crippen molar-refractivity contribution in [3.8, 4) is 0 Å². The number of nitrogens with zero attached hydrogens (tertiary/aromatic N) is 3. The Morgan fingerprint density at radius 1 is 1.04 bits per heavy atom. The summed E-state index contributed by atoms with van der Waals surface area (Å²) >= 11 is 0. The van der Waals surface area contributed by atoms with E-state index in [1.54, 1.807) is 24.3 Å². The van der Waals surface area contributed by atoms with Gasteiger partial charge in [0.1, 0.15) is 0 Å². The molecule has 0 radical (unpaired) electrons. The molecule has 1 aromatic heterocycles. The van der Waals surface area contributed by atoms with E-state index in [1.807, 2.05) is 0 Å². The van der Waals surface area contributed by atoms with Crippen LogP contribution in [-0.2, 0) is 9.53 Å². The van der Waals surface area contributed by atoms with Crippen LogP contribution in [0, 0.1) is 0 Å². The van der Waals surface area contributed by atoms with Gasteiger partial charge in [-0.15, -0.1) is 0 Å². The molecule has 0 spiro atoms. The number of anilines is 3. The summed E-state index contributed by atoms with van der Waals surface area (Å²) in [4.78, 5) is 34.0. The van der Waals surface area contributed by atoms with Crippen molar-refractivity contribution in [2.75, 3.05) is 55.3 Å². The number of amides is 2. The topological polar surface area (TPSA) is 108 Å². The molecular formula is C19H24N6O3. The zero-order valence-corrected chi connectivity index (χ0v) is 15.8. The van der Waals surface area contributed by atoms with Crippen molar-refractivity contribution in [2.45, 2.75) is 6.92 Å². The van der Waals surface area contributed by atoms with E-state index in [-0.39, 0.29) is 11.8 Å². The second-order valence-electron chi connectivity index (χ2n) is 6.39. The van der Waals surface area contributed by atoms with E-state index >= 15 is 0 Å². The summed E-state index contributed by atoms with van der Waals surface area (Å²) in [5.41, 5.74) is 1.65. The van der Waals surface area contributed by atoms with Crippen molar-refractivity contribution in [3.63, 3.8) is 0 Å². The summed E-state index contributed by atoms with van der Waals surface area (Å²) in [5.74, 6) is 0.0455. The minimum Gasteiger partial charge on any atom is -0.379 e. The van der Waals surface area contributed by atoms with Gasteiger partial charge in [-0.25, -0.2) is 9.97 Å². The summed E-state index contributed by atoms with van der Waals surface area (Å²) in [7, 11) is 0. The molecule has 0 unspecified atom stereocenters. The molecular weight excluding hydrogens is 360 g/mol. The normalized spacial score (nSPS) is 14.3. The van der Waals surface area contributed by atoms with Crippen molar-refractivity contribution in [2.24, 2.45) is 0 Å². The Morgan fingerprint density at radius 3 is 2.25 bits per heavy atom. The van der Waals surface area contributed by atoms with Crippen LogP contribution < -0.4 is 16.0 Å². The number of rotatable bonds is 7. The molecule has 2 aromatic rings. The number of morpholine rings is 1. The van der Waals surface area contributed by atoms with Crippen LogP contribution in [-0.4, -0.2) is 66.1 Å². The van der Waals surface area contributed by atoms with E-state index in [0.717, 1.165) is 39.4 Å². The van der Waals surface area contributed by atoms with Crippen molar-refractivity contribution in [3.05, 3.63) is 42.2 Å². The fraction of sp³-hybridized carbons (Fsp3) is 0.368. The molecule has 1 aromatic carbocycles. The minimum absolute atomic E-state index is 0.146. The van der Waals surface area contributed by atoms with E-state index in [4.69, 9.17) is 4.74 Å². The van der Waals surface area contributed by atoms with Gasteiger partial charge >= 0.3 is 0 Å². The first-order chi connectivity index (χ1) is 13.6. The molecule has 1 aliphatic rings. The van der Waals surface area contributed by atoms with Crippen molar-refractivity contribution in [1.29, 1.82) is 0 Å². The standard InChI is InChI=1S/C19H24N6O3/c1-14(26)23-16-2-4-17(5-3-16)24-18(27)15-12-21-19(22-13-15)20-6-7-25-8-10-28-11-9-25/h2-5,12-13H,6-11H2,1H3,(H,23,26)(H,24,27)(H,20,21,22). The quantitative estimate of drug-likeness (QED) is 0.663. The van der Waals surface area contributed by atoms with Crippen LogP contribution in [0.15, 0.2) is 36.7 Å². The zero-order chi connectivity index (χ0) is 19.8. The SMILES string of the molecule is CC(=O)Nc1ccc(NC(=O)c2cnc(NCCN3CCOCC3)nc2)cc1. The summed E-state index contributed by atoms with van der Waals surface area (Å²) in [5, 5.41) is 8.61. The number of benzene rings is 1. The number of hydrogen-bond acceptors (Lipinski definition) is 7. The maximum Gasteiger partial charge on any atom is 0.258 e. The van der Waals surface area contributed by atoms with E-state index < -0.39 is 0 Å². The number of carbonyl (C=O) groups is 2. The molecule has 148 valence electrons. The lowest BCUT2D eigenvalue weighted by Crippen LogP contribution is -2.39. The maximum absolute atomic E-state index is 12.3. The molecule has 2 heterocycles. The van der Waals surface area contributed by atoms with Gasteiger partial charge in [0.15, 0.2) is 0 Å². The monoisotopic (exact) mass is 384 g/mol. The predicted molar refractivity (Wildman–Crippen MR) is 106 cm³/mol. The van der Waals surface area contributed by atoms with Gasteiger partial charge in [-0.05, 0) is 24.3 Å². The summed E-state index contributed by atoms with van der Waals surface area (Å²) < 4.78 is 5.32. The van der Waals surface area contributed by atoms with E-state index in [0.29, 0.717) is 22.9 Å². The highest BCUT2D eigenvalue weighted by atomic mass is 16.5. The molecule has 9 nitrogen and oxygen atoms in total. The first-order valence-corrected chi connectivity index (χ1v) is 9.15. The largest absolute Gasteiger partial charge is 0.379 e. The van der Waals surface area contributed by atoms with Crippen molar-refractivity contribution < 1.29 is 14.3 Å². The van der Waals surface area contributed by atoms with Gasteiger partial charge in [-0.2, -0.15) is 0 Å². The van der Waals surface area contributed by atoms with Gasteiger partial charge in [0, 0.05) is 56.9 Å². The van der Waals surface area contributed by atoms with Crippen LogP contribution in [0.3, 0.4) is 0 Å². The molecule has 0 saturated carbocycles. The van der Waals surface area contributed by atoms with Crippen molar-refractivity contribution in [1.82, 2.24) is 14.9 Å². The molecule has 1 aliphatic heterocycles. The number of ether oxygens (including phenoxy) is 1. The Kier molecular flexibility index (Phi) is 6.88. The van der Waals surface area contributed by atoms with E-state index in [1.165, 1.54) is 19.3 Å². The first-order valence-electron chi connectivity index (χ1n) is 9.15. The van der Waals surface area contributed by atoms with Crippen LogP contribution in [0.25, 0.3) is 0 Å². The highest BCUT2D eigenvalue weighted by Gasteiger charge is 2.10. The average Bonchev–Trinajstić information content (AvgIpc) is 2.70. The second-order valence-corrected chi connectivity index (χ2v) is 6.39. The third-order valence-electron chi connectivity index (χ3n) is 4.19. The van der Waals surface area contributed by atoms with Crippen LogP contribution in [0.2, 0.25) is 0 Å². The highest BCUT2D eigenvalue weighted by molar-refractivity contribution is 6.04. The summed E-state index contributed by atoms with van der Waals surface area (Å²) in [6.45, 7) is 6.49. The third-order valence-corrected chi connectivity index (χ3v) is 4.19. The van der Waals surface area contributed by atoms with E-state index in [2.05, 4.69) is 30.8 Å². The number of nitrogens with one attached hydrogen (secondary N) is 3. The molecule has 1 fully saturated rings. The Balaban J connectivity index is 1.47. The molecule has 3 N–H and O–H groups in total. The molecule has 9 heteroatoms. The molecule has 3 rings (SSSR count). The van der Waals surface area contributed by atoms with E-state index in [9.17, 15) is 9.59 Å². The van der Waals surface area contributed by atoms with Crippen LogP contribution in [0.1, 0.15) is 17.3 Å². The molecule has 28 heavy (non-hydrogen) atoms. The molecule has 0 atom stereocenters. The average molecular weight is 384 g/mol. The van der Waals surface area contributed by atoms with Gasteiger partial charge in [0.25, 0.3) is 5.91 Å². The maximum atomic E-state index is 12.3. The van der Waals surface area contributed by atoms with Gasteiger partial charge in [0.2, 0.25) is 11.9 Å². The molecule has 1 saturated heterocycles. The highest BCUT2D eigenvalue weighted by Crippen LogP contribution is 2.14. The fourth-order valence-corrected chi connectivity index (χ4v) is 2.73. The van der Waals surface area contributed by atoms with Crippen LogP contribution >= 0.6 is 0 Å². The van der Waals surface area contributed by atoms with Gasteiger partial charge < -0.3 is 20.7 Å². The minimum atomic E-state index is -0.299. The summed E-state index contributed by atoms with van der Waals surface area (Å²) in [6.07, 6.45) is 2.98. The Bertz CT molecular complexity index is 788. The Morgan fingerprint density at radius 2 is 1.64 bits per heavy atom. The lowest BCUT2D eigenvalue weighted by atomic mass is 10.2. The van der Waals surface area contributed by atoms with Crippen LogP contribution in [0.5, 0.6) is 0 Å². The van der Waals surface area contributed by atoms with Crippen molar-refractivity contribution >= 4 is 29.1 Å². The predicted octanol–water partition coefficient (Wildman–Crippen LogP) is 1.43. The number of aromatic nitrogens is 2. The van der Waals surface area contributed by atoms with Gasteiger partial charge in [-0.1, -0.05) is 0 Å². The molecule has 0 aliphatic carbocycles.